The van der Waals surface area contributed by atoms with Crippen LogP contribution in [-0.4, -0.2) is 4.98 Å². The zero-order chi connectivity index (χ0) is 14.7. The molecule has 0 saturated carbocycles. The third-order valence-corrected chi connectivity index (χ3v) is 4.06. The number of nitrogens with two attached hydrogens (primary N) is 1. The van der Waals surface area contributed by atoms with Crippen LogP contribution in [0.2, 0.25) is 20.1 Å². The molecule has 0 aliphatic carbocycles. The molecule has 2 aromatic rings. The van der Waals surface area contributed by atoms with Crippen LogP contribution in [0.3, 0.4) is 0 Å². The van der Waals surface area contributed by atoms with Gasteiger partial charge in [0.15, 0.2) is 0 Å². The molecule has 1 atom stereocenters. The first-order valence-corrected chi connectivity index (χ1v) is 7.24. The Balaban J connectivity index is 2.34. The Hall–Kier alpha value is -0.550. The first-order chi connectivity index (χ1) is 9.52. The quantitative estimate of drug-likeness (QED) is 0.633. The summed E-state index contributed by atoms with van der Waals surface area (Å²) in [6.07, 6.45) is 1.98. The van der Waals surface area contributed by atoms with Crippen LogP contribution >= 0.6 is 46.4 Å². The van der Waals surface area contributed by atoms with Crippen LogP contribution < -0.4 is 11.3 Å². The van der Waals surface area contributed by atoms with Gasteiger partial charge in [0.05, 0.1) is 21.8 Å². The minimum Gasteiger partial charge on any atom is -0.271 e. The molecule has 1 aromatic carbocycles. The number of rotatable bonds is 4. The molecule has 0 fully saturated rings. The summed E-state index contributed by atoms with van der Waals surface area (Å²) in [7, 11) is 0. The van der Waals surface area contributed by atoms with E-state index in [0.29, 0.717) is 32.2 Å². The van der Waals surface area contributed by atoms with Crippen LogP contribution in [0, 0.1) is 0 Å². The molecule has 1 heterocycles. The van der Waals surface area contributed by atoms with E-state index in [1.54, 1.807) is 24.3 Å². The van der Waals surface area contributed by atoms with Crippen molar-refractivity contribution >= 4 is 46.4 Å². The Labute approximate surface area is 137 Å². The molecule has 0 aliphatic heterocycles. The summed E-state index contributed by atoms with van der Waals surface area (Å²) < 4.78 is 0. The number of nitrogens with one attached hydrogen (secondary N) is 1. The Morgan fingerprint density at radius 1 is 1.10 bits per heavy atom. The predicted octanol–water partition coefficient (Wildman–Crippen LogP) is 4.44. The Morgan fingerprint density at radius 2 is 1.75 bits per heavy atom. The lowest BCUT2D eigenvalue weighted by Crippen LogP contribution is -2.30. The zero-order valence-electron chi connectivity index (χ0n) is 10.2. The second kappa shape index (κ2) is 6.94. The highest BCUT2D eigenvalue weighted by molar-refractivity contribution is 6.36. The molecule has 0 spiro atoms. The van der Waals surface area contributed by atoms with Gasteiger partial charge in [0, 0.05) is 16.2 Å². The van der Waals surface area contributed by atoms with Gasteiger partial charge in [-0.05, 0) is 30.2 Å². The van der Waals surface area contributed by atoms with E-state index in [-0.39, 0.29) is 6.04 Å². The minimum atomic E-state index is -0.322. The fourth-order valence-corrected chi connectivity index (χ4v) is 2.91. The number of hydrogen-bond acceptors (Lipinski definition) is 3. The van der Waals surface area contributed by atoms with Crippen molar-refractivity contribution in [2.45, 2.75) is 12.5 Å². The van der Waals surface area contributed by atoms with Crippen LogP contribution in [0.4, 0.5) is 0 Å². The number of benzene rings is 1. The van der Waals surface area contributed by atoms with E-state index in [4.69, 9.17) is 52.2 Å². The van der Waals surface area contributed by atoms with E-state index in [1.165, 1.54) is 6.20 Å². The molecular formula is C13H11Cl4N3. The summed E-state index contributed by atoms with van der Waals surface area (Å²) in [6, 6.07) is 6.62. The lowest BCUT2D eigenvalue weighted by Gasteiger charge is -2.18. The Kier molecular flexibility index (Phi) is 5.49. The first kappa shape index (κ1) is 15.8. The van der Waals surface area contributed by atoms with Crippen LogP contribution in [0.5, 0.6) is 0 Å². The molecule has 3 N–H and O–H groups in total. The first-order valence-electron chi connectivity index (χ1n) is 5.73. The molecule has 20 heavy (non-hydrogen) atoms. The third kappa shape index (κ3) is 3.55. The molecule has 0 radical (unpaired) electrons. The van der Waals surface area contributed by atoms with E-state index in [2.05, 4.69) is 10.4 Å². The summed E-state index contributed by atoms with van der Waals surface area (Å²) >= 11 is 24.3. The number of halogens is 4. The molecule has 0 saturated heterocycles. The highest BCUT2D eigenvalue weighted by atomic mass is 35.5. The van der Waals surface area contributed by atoms with Crippen molar-refractivity contribution < 1.29 is 0 Å². The number of hydrazine groups is 1. The van der Waals surface area contributed by atoms with Gasteiger partial charge in [-0.15, -0.1) is 0 Å². The summed E-state index contributed by atoms with van der Waals surface area (Å²) in [5.41, 5.74) is 4.05. The summed E-state index contributed by atoms with van der Waals surface area (Å²) in [6.45, 7) is 0. The maximum Gasteiger partial charge on any atom is 0.0777 e. The normalized spacial score (nSPS) is 12.4. The molecule has 106 valence electrons. The maximum atomic E-state index is 6.16. The second-order valence-corrected chi connectivity index (χ2v) is 5.80. The van der Waals surface area contributed by atoms with Gasteiger partial charge in [-0.3, -0.25) is 16.3 Å². The molecule has 1 aromatic heterocycles. The van der Waals surface area contributed by atoms with Crippen molar-refractivity contribution in [3.05, 3.63) is 61.8 Å². The third-order valence-electron chi connectivity index (χ3n) is 2.84. The second-order valence-electron chi connectivity index (χ2n) is 4.14. The van der Waals surface area contributed by atoms with Crippen molar-refractivity contribution in [1.29, 1.82) is 0 Å². The smallest absolute Gasteiger partial charge is 0.0777 e. The van der Waals surface area contributed by atoms with E-state index in [9.17, 15) is 0 Å². The standard InChI is InChI=1S/C13H11Cl4N3/c14-7-4-11(17)13(19-6-7)12(20-18)5-8-9(15)2-1-3-10(8)16/h1-4,6,12,20H,5,18H2. The summed E-state index contributed by atoms with van der Waals surface area (Å²) in [5.74, 6) is 5.59. The van der Waals surface area contributed by atoms with Gasteiger partial charge in [-0.25, -0.2) is 0 Å². The SMILES string of the molecule is NNC(Cc1c(Cl)cccc1Cl)c1ncc(Cl)cc1Cl. The van der Waals surface area contributed by atoms with E-state index < -0.39 is 0 Å². The van der Waals surface area contributed by atoms with Crippen LogP contribution in [0.15, 0.2) is 30.5 Å². The predicted molar refractivity (Wildman–Crippen MR) is 84.5 cm³/mol. The van der Waals surface area contributed by atoms with E-state index >= 15 is 0 Å². The van der Waals surface area contributed by atoms with Gasteiger partial charge < -0.3 is 0 Å². The number of nitrogens with zero attached hydrogens (tertiary/aromatic N) is 1. The van der Waals surface area contributed by atoms with Crippen molar-refractivity contribution in [1.82, 2.24) is 10.4 Å². The van der Waals surface area contributed by atoms with E-state index in [0.717, 1.165) is 5.56 Å². The average molecular weight is 351 g/mol. The topological polar surface area (TPSA) is 50.9 Å². The molecule has 0 amide bonds. The van der Waals surface area contributed by atoms with Gasteiger partial charge in [-0.2, -0.15) is 0 Å². The molecule has 0 aliphatic rings. The van der Waals surface area contributed by atoms with Gasteiger partial charge in [0.1, 0.15) is 0 Å². The van der Waals surface area contributed by atoms with Crippen molar-refractivity contribution in [2.75, 3.05) is 0 Å². The molecular weight excluding hydrogens is 340 g/mol. The maximum absolute atomic E-state index is 6.16. The van der Waals surface area contributed by atoms with Crippen LogP contribution in [0.1, 0.15) is 17.3 Å². The zero-order valence-corrected chi connectivity index (χ0v) is 13.2. The fourth-order valence-electron chi connectivity index (χ4n) is 1.85. The highest BCUT2D eigenvalue weighted by Crippen LogP contribution is 2.31. The Morgan fingerprint density at radius 3 is 2.30 bits per heavy atom. The van der Waals surface area contributed by atoms with Crippen LogP contribution in [-0.2, 0) is 6.42 Å². The summed E-state index contributed by atoms with van der Waals surface area (Å²) in [4.78, 5) is 4.21. The van der Waals surface area contributed by atoms with Gasteiger partial charge in [0.25, 0.3) is 0 Å². The molecule has 3 nitrogen and oxygen atoms in total. The van der Waals surface area contributed by atoms with Gasteiger partial charge in [0.2, 0.25) is 0 Å². The number of aromatic nitrogens is 1. The molecule has 0 bridgehead atoms. The lowest BCUT2D eigenvalue weighted by molar-refractivity contribution is 0.539. The van der Waals surface area contributed by atoms with E-state index in [1.807, 2.05) is 0 Å². The monoisotopic (exact) mass is 349 g/mol. The van der Waals surface area contributed by atoms with Gasteiger partial charge >= 0.3 is 0 Å². The van der Waals surface area contributed by atoms with Gasteiger partial charge in [-0.1, -0.05) is 52.5 Å². The van der Waals surface area contributed by atoms with Crippen molar-refractivity contribution in [3.63, 3.8) is 0 Å². The van der Waals surface area contributed by atoms with Crippen molar-refractivity contribution in [2.24, 2.45) is 5.84 Å². The Bertz CT molecular complexity index is 598. The number of pyridine rings is 1. The molecule has 2 rings (SSSR count). The fraction of sp³-hybridized carbons (Fsp3) is 0.154. The average Bonchev–Trinajstić information content (AvgIpc) is 2.40. The highest BCUT2D eigenvalue weighted by Gasteiger charge is 2.19. The summed E-state index contributed by atoms with van der Waals surface area (Å²) in [5, 5.41) is 2.04. The van der Waals surface area contributed by atoms with Crippen molar-refractivity contribution in [3.8, 4) is 0 Å². The van der Waals surface area contributed by atoms with Crippen LogP contribution in [0.25, 0.3) is 0 Å². The largest absolute Gasteiger partial charge is 0.271 e. The number of hydrogen-bond donors (Lipinski definition) is 2. The minimum absolute atomic E-state index is 0.322. The lowest BCUT2D eigenvalue weighted by atomic mass is 10.0. The molecule has 7 heteroatoms. The molecule has 1 unspecified atom stereocenters.